The SMILES string of the molecule is COc1ccc(S(=O)(=O)N2CCCC(Oc3ccccc3)C2)cc1. The van der Waals surface area contributed by atoms with E-state index >= 15 is 0 Å². The van der Waals surface area contributed by atoms with Crippen molar-refractivity contribution in [3.63, 3.8) is 0 Å². The van der Waals surface area contributed by atoms with Crippen LogP contribution in [0.5, 0.6) is 11.5 Å². The van der Waals surface area contributed by atoms with Crippen molar-refractivity contribution >= 4 is 10.0 Å². The maximum atomic E-state index is 12.8. The third kappa shape index (κ3) is 3.71. The summed E-state index contributed by atoms with van der Waals surface area (Å²) in [4.78, 5) is 0.281. The number of piperidine rings is 1. The van der Waals surface area contributed by atoms with Gasteiger partial charge in [-0.15, -0.1) is 0 Å². The van der Waals surface area contributed by atoms with E-state index in [1.165, 1.54) is 4.31 Å². The van der Waals surface area contributed by atoms with Crippen molar-refractivity contribution in [3.05, 3.63) is 54.6 Å². The normalized spacial score (nSPS) is 19.0. The monoisotopic (exact) mass is 347 g/mol. The molecule has 0 aromatic heterocycles. The van der Waals surface area contributed by atoms with Gasteiger partial charge < -0.3 is 9.47 Å². The number of para-hydroxylation sites is 1. The van der Waals surface area contributed by atoms with Crippen LogP contribution in [0.15, 0.2) is 59.5 Å². The first-order valence-electron chi connectivity index (χ1n) is 7.95. The quantitative estimate of drug-likeness (QED) is 0.834. The summed E-state index contributed by atoms with van der Waals surface area (Å²) in [7, 11) is -1.96. The lowest BCUT2D eigenvalue weighted by molar-refractivity contribution is 0.130. The average Bonchev–Trinajstić information content (AvgIpc) is 2.63. The molecule has 0 bridgehead atoms. The predicted octanol–water partition coefficient (Wildman–Crippen LogP) is 2.93. The Morgan fingerprint density at radius 2 is 1.71 bits per heavy atom. The number of benzene rings is 2. The Labute approximate surface area is 142 Å². The van der Waals surface area contributed by atoms with Gasteiger partial charge in [-0.25, -0.2) is 8.42 Å². The fraction of sp³-hybridized carbons (Fsp3) is 0.333. The first kappa shape index (κ1) is 16.8. The van der Waals surface area contributed by atoms with Crippen molar-refractivity contribution in [1.29, 1.82) is 0 Å². The number of sulfonamides is 1. The highest BCUT2D eigenvalue weighted by Gasteiger charge is 2.31. The zero-order valence-corrected chi connectivity index (χ0v) is 14.4. The van der Waals surface area contributed by atoms with Gasteiger partial charge in [0.2, 0.25) is 10.0 Å². The summed E-state index contributed by atoms with van der Waals surface area (Å²) < 4.78 is 38.1. The number of methoxy groups -OCH3 is 1. The number of hydrogen-bond donors (Lipinski definition) is 0. The standard InChI is InChI=1S/C18H21NO4S/c1-22-15-9-11-18(12-10-15)24(20,21)19-13-5-8-17(14-19)23-16-6-3-2-4-7-16/h2-4,6-7,9-12,17H,5,8,13-14H2,1H3. The third-order valence-corrected chi connectivity index (χ3v) is 5.96. The van der Waals surface area contributed by atoms with Crippen LogP contribution >= 0.6 is 0 Å². The van der Waals surface area contributed by atoms with Crippen molar-refractivity contribution in [1.82, 2.24) is 4.31 Å². The predicted molar refractivity (Wildman–Crippen MR) is 91.8 cm³/mol. The molecule has 0 aliphatic carbocycles. The average molecular weight is 347 g/mol. The van der Waals surface area contributed by atoms with Crippen LogP contribution in [0.4, 0.5) is 0 Å². The highest BCUT2D eigenvalue weighted by molar-refractivity contribution is 7.89. The van der Waals surface area contributed by atoms with Gasteiger partial charge in [0.1, 0.15) is 17.6 Å². The molecule has 6 heteroatoms. The van der Waals surface area contributed by atoms with Crippen LogP contribution in [-0.4, -0.2) is 39.0 Å². The summed E-state index contributed by atoms with van der Waals surface area (Å²) in [6, 6.07) is 16.0. The van der Waals surface area contributed by atoms with Gasteiger partial charge in [-0.1, -0.05) is 18.2 Å². The Balaban J connectivity index is 1.73. The smallest absolute Gasteiger partial charge is 0.243 e. The van der Waals surface area contributed by atoms with Gasteiger partial charge in [-0.3, -0.25) is 0 Å². The van der Waals surface area contributed by atoms with Gasteiger partial charge in [-0.05, 0) is 49.2 Å². The second-order valence-electron chi connectivity index (χ2n) is 5.73. The van der Waals surface area contributed by atoms with E-state index in [2.05, 4.69) is 0 Å². The molecule has 0 amide bonds. The summed E-state index contributed by atoms with van der Waals surface area (Å²) in [5.74, 6) is 1.41. The molecule has 0 N–H and O–H groups in total. The minimum absolute atomic E-state index is 0.130. The molecular weight excluding hydrogens is 326 g/mol. The molecule has 1 fully saturated rings. The van der Waals surface area contributed by atoms with Crippen LogP contribution < -0.4 is 9.47 Å². The van der Waals surface area contributed by atoms with E-state index in [4.69, 9.17) is 9.47 Å². The molecule has 2 aromatic rings. The molecule has 1 atom stereocenters. The van der Waals surface area contributed by atoms with Crippen molar-refractivity contribution < 1.29 is 17.9 Å². The van der Waals surface area contributed by atoms with Crippen LogP contribution in [0, 0.1) is 0 Å². The lowest BCUT2D eigenvalue weighted by Crippen LogP contribution is -2.44. The molecular formula is C18H21NO4S. The highest BCUT2D eigenvalue weighted by atomic mass is 32.2. The minimum Gasteiger partial charge on any atom is -0.497 e. The Morgan fingerprint density at radius 3 is 2.38 bits per heavy atom. The van der Waals surface area contributed by atoms with Crippen molar-refractivity contribution in [2.45, 2.75) is 23.8 Å². The van der Waals surface area contributed by atoms with Crippen LogP contribution in [-0.2, 0) is 10.0 Å². The first-order valence-corrected chi connectivity index (χ1v) is 9.39. The Morgan fingerprint density at radius 1 is 1.00 bits per heavy atom. The fourth-order valence-corrected chi connectivity index (χ4v) is 4.32. The number of ether oxygens (including phenoxy) is 2. The molecule has 1 unspecified atom stereocenters. The second kappa shape index (κ2) is 7.23. The van der Waals surface area contributed by atoms with E-state index in [0.717, 1.165) is 18.6 Å². The molecule has 3 rings (SSSR count). The van der Waals surface area contributed by atoms with E-state index in [-0.39, 0.29) is 11.0 Å². The summed E-state index contributed by atoms with van der Waals surface area (Å²) in [6.45, 7) is 0.881. The molecule has 0 spiro atoms. The number of hydrogen-bond acceptors (Lipinski definition) is 4. The first-order chi connectivity index (χ1) is 11.6. The molecule has 5 nitrogen and oxygen atoms in total. The lowest BCUT2D eigenvalue weighted by atomic mass is 10.1. The summed E-state index contributed by atoms with van der Waals surface area (Å²) in [5.41, 5.74) is 0. The molecule has 1 saturated heterocycles. The molecule has 24 heavy (non-hydrogen) atoms. The minimum atomic E-state index is -3.51. The van der Waals surface area contributed by atoms with Crippen LogP contribution in [0.25, 0.3) is 0 Å². The highest BCUT2D eigenvalue weighted by Crippen LogP contribution is 2.24. The van der Waals surface area contributed by atoms with Crippen molar-refractivity contribution in [3.8, 4) is 11.5 Å². The van der Waals surface area contributed by atoms with Crippen LogP contribution in [0.1, 0.15) is 12.8 Å². The lowest BCUT2D eigenvalue weighted by Gasteiger charge is -2.32. The second-order valence-corrected chi connectivity index (χ2v) is 7.67. The van der Waals surface area contributed by atoms with E-state index in [0.29, 0.717) is 18.8 Å². The molecule has 0 saturated carbocycles. The number of rotatable bonds is 5. The largest absolute Gasteiger partial charge is 0.497 e. The zero-order chi connectivity index (χ0) is 17.0. The molecule has 128 valence electrons. The topological polar surface area (TPSA) is 55.8 Å². The Kier molecular flexibility index (Phi) is 5.06. The molecule has 1 heterocycles. The van der Waals surface area contributed by atoms with Crippen LogP contribution in [0.2, 0.25) is 0 Å². The maximum Gasteiger partial charge on any atom is 0.243 e. The molecule has 1 aliphatic heterocycles. The van der Waals surface area contributed by atoms with Gasteiger partial charge >= 0.3 is 0 Å². The summed E-state index contributed by atoms with van der Waals surface area (Å²) in [6.07, 6.45) is 1.50. The van der Waals surface area contributed by atoms with E-state index in [1.54, 1.807) is 31.4 Å². The van der Waals surface area contributed by atoms with Gasteiger partial charge in [0.05, 0.1) is 18.6 Å². The third-order valence-electron chi connectivity index (χ3n) is 4.08. The number of nitrogens with zero attached hydrogens (tertiary/aromatic N) is 1. The molecule has 1 aliphatic rings. The van der Waals surface area contributed by atoms with Crippen molar-refractivity contribution in [2.75, 3.05) is 20.2 Å². The van der Waals surface area contributed by atoms with E-state index in [1.807, 2.05) is 30.3 Å². The Bertz CT molecular complexity index is 759. The zero-order valence-electron chi connectivity index (χ0n) is 13.6. The summed E-state index contributed by atoms with van der Waals surface area (Å²) >= 11 is 0. The van der Waals surface area contributed by atoms with Gasteiger partial charge in [0.25, 0.3) is 0 Å². The van der Waals surface area contributed by atoms with E-state index < -0.39 is 10.0 Å². The van der Waals surface area contributed by atoms with Gasteiger partial charge in [0.15, 0.2) is 0 Å². The Hall–Kier alpha value is -2.05. The van der Waals surface area contributed by atoms with Gasteiger partial charge in [0, 0.05) is 6.54 Å². The summed E-state index contributed by atoms with van der Waals surface area (Å²) in [5, 5.41) is 0. The van der Waals surface area contributed by atoms with Gasteiger partial charge in [-0.2, -0.15) is 4.31 Å². The van der Waals surface area contributed by atoms with E-state index in [9.17, 15) is 8.42 Å². The maximum absolute atomic E-state index is 12.8. The van der Waals surface area contributed by atoms with Crippen LogP contribution in [0.3, 0.4) is 0 Å². The fourth-order valence-electron chi connectivity index (χ4n) is 2.81. The van der Waals surface area contributed by atoms with Crippen molar-refractivity contribution in [2.24, 2.45) is 0 Å². The molecule has 2 aromatic carbocycles. The molecule has 0 radical (unpaired) electrons.